The van der Waals surface area contributed by atoms with E-state index >= 15 is 0 Å². The molecule has 0 unspecified atom stereocenters. The Bertz CT molecular complexity index is 477. The van der Waals surface area contributed by atoms with E-state index in [-0.39, 0.29) is 11.5 Å². The van der Waals surface area contributed by atoms with Crippen molar-refractivity contribution in [1.82, 2.24) is 9.55 Å². The van der Waals surface area contributed by atoms with Gasteiger partial charge in [0.15, 0.2) is 0 Å². The lowest BCUT2D eigenvalue weighted by Gasteiger charge is -2.13. The van der Waals surface area contributed by atoms with Crippen LogP contribution in [0.5, 0.6) is 0 Å². The zero-order valence-corrected chi connectivity index (χ0v) is 11.2. The number of hydrogen-bond donors (Lipinski definition) is 0. The van der Waals surface area contributed by atoms with Crippen LogP contribution in [0.3, 0.4) is 0 Å². The summed E-state index contributed by atoms with van der Waals surface area (Å²) in [6.45, 7) is 2.48. The first-order chi connectivity index (χ1) is 8.12. The van der Waals surface area contributed by atoms with E-state index in [0.29, 0.717) is 6.42 Å². The molecule has 0 N–H and O–H groups in total. The topological polar surface area (TPSA) is 52.0 Å². The minimum atomic E-state index is -2.83. The van der Waals surface area contributed by atoms with Crippen LogP contribution in [-0.4, -0.2) is 29.5 Å². The third kappa shape index (κ3) is 3.09. The van der Waals surface area contributed by atoms with Crippen LogP contribution in [-0.2, 0) is 29.2 Å². The fourth-order valence-electron chi connectivity index (χ4n) is 2.32. The minimum absolute atomic E-state index is 0.245. The van der Waals surface area contributed by atoms with Gasteiger partial charge in [0.05, 0.1) is 17.8 Å². The molecule has 1 heterocycles. The van der Waals surface area contributed by atoms with E-state index < -0.39 is 9.84 Å². The second-order valence-corrected chi connectivity index (χ2v) is 7.10. The maximum absolute atomic E-state index is 11.4. The number of rotatable bonds is 5. The molecule has 96 valence electrons. The van der Waals surface area contributed by atoms with Crippen LogP contribution < -0.4 is 0 Å². The summed E-state index contributed by atoms with van der Waals surface area (Å²) in [5.41, 5.74) is 2.54. The van der Waals surface area contributed by atoms with E-state index in [4.69, 9.17) is 0 Å². The molecule has 1 aliphatic carbocycles. The van der Waals surface area contributed by atoms with Crippen molar-refractivity contribution in [1.29, 1.82) is 0 Å². The van der Waals surface area contributed by atoms with Gasteiger partial charge in [-0.3, -0.25) is 0 Å². The van der Waals surface area contributed by atoms with Crippen molar-refractivity contribution in [2.24, 2.45) is 0 Å². The Morgan fingerprint density at radius 2 is 2.12 bits per heavy atom. The lowest BCUT2D eigenvalue weighted by atomic mass is 10.0. The van der Waals surface area contributed by atoms with Crippen LogP contribution in [0.15, 0.2) is 6.33 Å². The van der Waals surface area contributed by atoms with Gasteiger partial charge in [-0.05, 0) is 32.1 Å². The molecule has 1 aliphatic rings. The Morgan fingerprint density at radius 3 is 2.88 bits per heavy atom. The molecule has 0 saturated heterocycles. The summed E-state index contributed by atoms with van der Waals surface area (Å²) in [4.78, 5) is 4.41. The van der Waals surface area contributed by atoms with Gasteiger partial charge in [-0.15, -0.1) is 0 Å². The molecule has 5 heteroatoms. The first-order valence-electron chi connectivity index (χ1n) is 6.35. The van der Waals surface area contributed by atoms with Crippen molar-refractivity contribution in [3.8, 4) is 0 Å². The molecule has 0 fully saturated rings. The standard InChI is InChI=1S/C12H20N2O2S/c1-2-17(15,16)9-5-8-14-10-13-11-6-3-4-7-12(11)14/h10H,2-9H2,1H3. The minimum Gasteiger partial charge on any atom is -0.334 e. The van der Waals surface area contributed by atoms with E-state index in [2.05, 4.69) is 9.55 Å². The first kappa shape index (κ1) is 12.6. The van der Waals surface area contributed by atoms with Crippen LogP contribution in [0.25, 0.3) is 0 Å². The highest BCUT2D eigenvalue weighted by molar-refractivity contribution is 7.91. The molecule has 0 amide bonds. The Kier molecular flexibility index (Phi) is 3.86. The summed E-state index contributed by atoms with van der Waals surface area (Å²) in [7, 11) is -2.83. The fourth-order valence-corrected chi connectivity index (χ4v) is 3.18. The molecule has 0 spiro atoms. The monoisotopic (exact) mass is 256 g/mol. The van der Waals surface area contributed by atoms with Crippen LogP contribution in [0.2, 0.25) is 0 Å². The Labute approximate surface area is 103 Å². The molecule has 2 rings (SSSR count). The molecule has 0 atom stereocenters. The summed E-state index contributed by atoms with van der Waals surface area (Å²) < 4.78 is 24.9. The fraction of sp³-hybridized carbons (Fsp3) is 0.750. The average Bonchev–Trinajstić information content (AvgIpc) is 2.73. The predicted octanol–water partition coefficient (Wildman–Crippen LogP) is 1.59. The quantitative estimate of drug-likeness (QED) is 0.804. The lowest BCUT2D eigenvalue weighted by Crippen LogP contribution is -2.13. The third-order valence-corrected chi connectivity index (χ3v) is 5.19. The summed E-state index contributed by atoms with van der Waals surface area (Å²) in [6, 6.07) is 0. The molecule has 0 radical (unpaired) electrons. The number of hydrogen-bond acceptors (Lipinski definition) is 3. The molecular formula is C12H20N2O2S. The summed E-state index contributed by atoms with van der Waals surface area (Å²) >= 11 is 0. The third-order valence-electron chi connectivity index (χ3n) is 3.40. The second kappa shape index (κ2) is 5.21. The number of aromatic nitrogens is 2. The lowest BCUT2D eigenvalue weighted by molar-refractivity contribution is 0.575. The smallest absolute Gasteiger partial charge is 0.150 e. The van der Waals surface area contributed by atoms with Crippen LogP contribution in [0.1, 0.15) is 37.6 Å². The van der Waals surface area contributed by atoms with Crippen molar-refractivity contribution in [3.63, 3.8) is 0 Å². The van der Waals surface area contributed by atoms with Crippen molar-refractivity contribution >= 4 is 9.84 Å². The van der Waals surface area contributed by atoms with Gasteiger partial charge in [-0.1, -0.05) is 6.92 Å². The maximum Gasteiger partial charge on any atom is 0.150 e. The highest BCUT2D eigenvalue weighted by Gasteiger charge is 2.15. The number of fused-ring (bicyclic) bond motifs is 1. The highest BCUT2D eigenvalue weighted by atomic mass is 32.2. The normalized spacial score (nSPS) is 15.8. The largest absolute Gasteiger partial charge is 0.334 e. The maximum atomic E-state index is 11.4. The van der Waals surface area contributed by atoms with Gasteiger partial charge in [0, 0.05) is 18.0 Å². The molecule has 1 aromatic rings. The Balaban J connectivity index is 1.94. The molecule has 17 heavy (non-hydrogen) atoms. The zero-order chi connectivity index (χ0) is 12.3. The van der Waals surface area contributed by atoms with E-state index in [0.717, 1.165) is 19.4 Å². The SMILES string of the molecule is CCS(=O)(=O)CCCn1cnc2c1CCCC2. The molecule has 0 aliphatic heterocycles. The van der Waals surface area contributed by atoms with E-state index in [1.165, 1.54) is 24.2 Å². The van der Waals surface area contributed by atoms with Crippen molar-refractivity contribution in [2.75, 3.05) is 11.5 Å². The molecule has 0 saturated carbocycles. The van der Waals surface area contributed by atoms with Gasteiger partial charge in [0.1, 0.15) is 9.84 Å². The summed E-state index contributed by atoms with van der Waals surface area (Å²) in [5.74, 6) is 0.533. The van der Waals surface area contributed by atoms with E-state index in [1.54, 1.807) is 6.92 Å². The first-order valence-corrected chi connectivity index (χ1v) is 8.18. The molecule has 4 nitrogen and oxygen atoms in total. The molecule has 0 bridgehead atoms. The molecule has 1 aromatic heterocycles. The zero-order valence-electron chi connectivity index (χ0n) is 10.4. The second-order valence-electron chi connectivity index (χ2n) is 4.63. The van der Waals surface area contributed by atoms with Gasteiger partial charge in [-0.2, -0.15) is 0 Å². The van der Waals surface area contributed by atoms with Gasteiger partial charge in [0.2, 0.25) is 0 Å². The average molecular weight is 256 g/mol. The van der Waals surface area contributed by atoms with E-state index in [1.807, 2.05) is 6.33 Å². The number of aryl methyl sites for hydroxylation is 2. The van der Waals surface area contributed by atoms with Gasteiger partial charge >= 0.3 is 0 Å². The van der Waals surface area contributed by atoms with Gasteiger partial charge < -0.3 is 4.57 Å². The Hall–Kier alpha value is -0.840. The van der Waals surface area contributed by atoms with E-state index in [9.17, 15) is 8.42 Å². The van der Waals surface area contributed by atoms with Crippen molar-refractivity contribution < 1.29 is 8.42 Å². The van der Waals surface area contributed by atoms with Gasteiger partial charge in [-0.25, -0.2) is 13.4 Å². The Morgan fingerprint density at radius 1 is 1.35 bits per heavy atom. The number of nitrogens with zero attached hydrogens (tertiary/aromatic N) is 2. The highest BCUT2D eigenvalue weighted by Crippen LogP contribution is 2.20. The summed E-state index contributed by atoms with van der Waals surface area (Å²) in [6.07, 6.45) is 7.19. The van der Waals surface area contributed by atoms with Crippen LogP contribution in [0.4, 0.5) is 0 Å². The predicted molar refractivity (Wildman–Crippen MR) is 67.8 cm³/mol. The summed E-state index contributed by atoms with van der Waals surface area (Å²) in [5, 5.41) is 0. The van der Waals surface area contributed by atoms with Crippen LogP contribution >= 0.6 is 0 Å². The molecular weight excluding hydrogens is 236 g/mol. The van der Waals surface area contributed by atoms with Crippen LogP contribution in [0, 0.1) is 0 Å². The van der Waals surface area contributed by atoms with Crippen molar-refractivity contribution in [2.45, 2.75) is 45.6 Å². The number of sulfone groups is 1. The van der Waals surface area contributed by atoms with Crippen molar-refractivity contribution in [3.05, 3.63) is 17.7 Å². The number of imidazole rings is 1. The van der Waals surface area contributed by atoms with Gasteiger partial charge in [0.25, 0.3) is 0 Å². The molecule has 0 aromatic carbocycles.